The monoisotopic (exact) mass is 422 g/mol. The number of carbonyl (C=O) groups excluding carboxylic acids is 1. The van der Waals surface area contributed by atoms with Crippen LogP contribution in [0.2, 0.25) is 0 Å². The number of nitrogens with one attached hydrogen (secondary N) is 2. The molecule has 0 saturated carbocycles. The van der Waals surface area contributed by atoms with Crippen LogP contribution in [-0.2, 0) is 4.74 Å². The van der Waals surface area contributed by atoms with Gasteiger partial charge in [-0.1, -0.05) is 30.3 Å². The predicted octanol–water partition coefficient (Wildman–Crippen LogP) is 1.25. The quantitative estimate of drug-likeness (QED) is 0.585. The maximum Gasteiger partial charge on any atom is 0.349 e. The molecule has 2 heterocycles. The van der Waals surface area contributed by atoms with Gasteiger partial charge in [0.1, 0.15) is 30.3 Å². The molecule has 1 atom stereocenters. The highest BCUT2D eigenvalue weighted by Gasteiger charge is 2.27. The van der Waals surface area contributed by atoms with Crippen molar-refractivity contribution in [2.75, 3.05) is 51.8 Å². The zero-order chi connectivity index (χ0) is 21.8. The van der Waals surface area contributed by atoms with Crippen LogP contribution in [0.4, 0.5) is 5.69 Å². The van der Waals surface area contributed by atoms with Gasteiger partial charge in [0.2, 0.25) is 0 Å². The van der Waals surface area contributed by atoms with E-state index in [1.54, 1.807) is 18.2 Å². The maximum absolute atomic E-state index is 12.9. The van der Waals surface area contributed by atoms with E-state index in [-0.39, 0.29) is 11.6 Å². The molecule has 1 aliphatic heterocycles. The number of rotatable bonds is 6. The fourth-order valence-corrected chi connectivity index (χ4v) is 3.99. The van der Waals surface area contributed by atoms with E-state index in [4.69, 9.17) is 9.15 Å². The first-order valence-electron chi connectivity index (χ1n) is 10.5. The lowest BCUT2D eigenvalue weighted by Gasteiger charge is -2.32. The van der Waals surface area contributed by atoms with Gasteiger partial charge in [-0.25, -0.2) is 4.79 Å². The van der Waals surface area contributed by atoms with Crippen molar-refractivity contribution >= 4 is 22.6 Å². The molecule has 7 heteroatoms. The normalized spacial score (nSPS) is 15.5. The Morgan fingerprint density at radius 1 is 1.10 bits per heavy atom. The van der Waals surface area contributed by atoms with Crippen molar-refractivity contribution < 1.29 is 18.8 Å². The largest absolute Gasteiger partial charge is 0.422 e. The Labute approximate surface area is 181 Å². The lowest BCUT2D eigenvalue weighted by atomic mass is 10.0. The highest BCUT2D eigenvalue weighted by molar-refractivity contribution is 5.96. The highest BCUT2D eigenvalue weighted by atomic mass is 16.5. The second-order valence-electron chi connectivity index (χ2n) is 8.00. The molecule has 0 bridgehead atoms. The second kappa shape index (κ2) is 9.32. The number of benzene rings is 2. The average Bonchev–Trinajstić information content (AvgIpc) is 2.79. The van der Waals surface area contributed by atoms with Crippen molar-refractivity contribution in [2.24, 2.45) is 0 Å². The van der Waals surface area contributed by atoms with Crippen LogP contribution in [-0.4, -0.2) is 52.9 Å². The van der Waals surface area contributed by atoms with Crippen LogP contribution >= 0.6 is 0 Å². The van der Waals surface area contributed by atoms with Gasteiger partial charge in [0.15, 0.2) is 0 Å². The maximum atomic E-state index is 12.9. The van der Waals surface area contributed by atoms with Gasteiger partial charge in [-0.2, -0.15) is 0 Å². The first-order valence-corrected chi connectivity index (χ1v) is 10.5. The van der Waals surface area contributed by atoms with E-state index in [0.717, 1.165) is 29.7 Å². The predicted molar refractivity (Wildman–Crippen MR) is 120 cm³/mol. The lowest BCUT2D eigenvalue weighted by molar-refractivity contribution is -0.937. The lowest BCUT2D eigenvalue weighted by Crippen LogP contribution is -3.15. The third-order valence-corrected chi connectivity index (χ3v) is 5.79. The number of anilines is 1. The summed E-state index contributed by atoms with van der Waals surface area (Å²) in [5, 5.41) is 3.69. The van der Waals surface area contributed by atoms with E-state index in [0.29, 0.717) is 25.3 Å². The van der Waals surface area contributed by atoms with Crippen LogP contribution in [0, 0.1) is 0 Å². The SMILES string of the molecule is CN(C)c1ccc([C@H](CNC(=O)c2cc3ccccc3oc2=O)[NH+]2CCOCC2)cc1. The van der Waals surface area contributed by atoms with Gasteiger partial charge in [0.05, 0.1) is 19.8 Å². The third kappa shape index (κ3) is 4.78. The van der Waals surface area contributed by atoms with Crippen LogP contribution in [0.5, 0.6) is 0 Å². The number of morpholine rings is 1. The summed E-state index contributed by atoms with van der Waals surface area (Å²) < 4.78 is 10.8. The molecule has 2 N–H and O–H groups in total. The summed E-state index contributed by atoms with van der Waals surface area (Å²) in [6, 6.07) is 17.2. The molecule has 2 aromatic carbocycles. The zero-order valence-corrected chi connectivity index (χ0v) is 17.9. The standard InChI is InChI=1S/C24H27N3O4/c1-26(2)19-9-7-17(8-10-19)21(27-11-13-30-14-12-27)16-25-23(28)20-15-18-5-3-4-6-22(18)31-24(20)29/h3-10,15,21H,11-14,16H2,1-2H3,(H,25,28)/p+1/t21-/m0/s1. The smallest absolute Gasteiger partial charge is 0.349 e. The van der Waals surface area contributed by atoms with Gasteiger partial charge >= 0.3 is 5.63 Å². The number of para-hydroxylation sites is 1. The van der Waals surface area contributed by atoms with Crippen molar-refractivity contribution in [3.63, 3.8) is 0 Å². The number of ether oxygens (including phenoxy) is 1. The van der Waals surface area contributed by atoms with Gasteiger partial charge in [0.25, 0.3) is 5.91 Å². The Hall–Kier alpha value is -3.16. The first-order chi connectivity index (χ1) is 15.0. The van der Waals surface area contributed by atoms with Crippen LogP contribution < -0.4 is 20.7 Å². The van der Waals surface area contributed by atoms with E-state index in [2.05, 4.69) is 34.5 Å². The van der Waals surface area contributed by atoms with Gasteiger partial charge < -0.3 is 24.3 Å². The molecular formula is C24H28N3O4+. The Bertz CT molecular complexity index is 1100. The number of hydrogen-bond acceptors (Lipinski definition) is 5. The van der Waals surface area contributed by atoms with Crippen LogP contribution in [0.25, 0.3) is 11.0 Å². The number of quaternary nitrogens is 1. The van der Waals surface area contributed by atoms with Crippen LogP contribution in [0.1, 0.15) is 22.0 Å². The van der Waals surface area contributed by atoms with Crippen molar-refractivity contribution in [1.29, 1.82) is 0 Å². The van der Waals surface area contributed by atoms with E-state index < -0.39 is 11.5 Å². The van der Waals surface area contributed by atoms with Gasteiger partial charge in [-0.15, -0.1) is 0 Å². The summed E-state index contributed by atoms with van der Waals surface area (Å²) >= 11 is 0. The molecular weight excluding hydrogens is 394 g/mol. The summed E-state index contributed by atoms with van der Waals surface area (Å²) in [4.78, 5) is 28.6. The van der Waals surface area contributed by atoms with Crippen molar-refractivity contribution in [2.45, 2.75) is 6.04 Å². The summed E-state index contributed by atoms with van der Waals surface area (Å²) in [6.07, 6.45) is 0. The summed E-state index contributed by atoms with van der Waals surface area (Å²) in [5.41, 5.74) is 2.14. The molecule has 4 rings (SSSR count). The summed E-state index contributed by atoms with van der Waals surface area (Å²) in [6.45, 7) is 3.55. The minimum Gasteiger partial charge on any atom is -0.422 e. The molecule has 0 spiro atoms. The highest BCUT2D eigenvalue weighted by Crippen LogP contribution is 2.17. The topological polar surface area (TPSA) is 76.2 Å². The molecule has 1 fully saturated rings. The number of fused-ring (bicyclic) bond motifs is 1. The first kappa shape index (κ1) is 21.1. The Morgan fingerprint density at radius 3 is 2.52 bits per heavy atom. The van der Waals surface area contributed by atoms with E-state index in [1.807, 2.05) is 26.2 Å². The molecule has 1 aromatic heterocycles. The van der Waals surface area contributed by atoms with Crippen LogP contribution in [0.15, 0.2) is 63.8 Å². The Kier molecular flexibility index (Phi) is 6.34. The molecule has 1 aliphatic rings. The summed E-state index contributed by atoms with van der Waals surface area (Å²) in [7, 11) is 4.02. The number of nitrogens with zero attached hydrogens (tertiary/aromatic N) is 1. The van der Waals surface area contributed by atoms with Crippen molar-refractivity contribution in [1.82, 2.24) is 5.32 Å². The number of hydrogen-bond donors (Lipinski definition) is 2. The fraction of sp³-hybridized carbons (Fsp3) is 0.333. The van der Waals surface area contributed by atoms with Crippen molar-refractivity contribution in [3.8, 4) is 0 Å². The average molecular weight is 423 g/mol. The molecule has 0 unspecified atom stereocenters. The van der Waals surface area contributed by atoms with Gasteiger partial charge in [-0.05, 0) is 24.3 Å². The van der Waals surface area contributed by atoms with E-state index >= 15 is 0 Å². The molecule has 31 heavy (non-hydrogen) atoms. The number of amides is 1. The fourth-order valence-electron chi connectivity index (χ4n) is 3.99. The molecule has 162 valence electrons. The molecule has 7 nitrogen and oxygen atoms in total. The van der Waals surface area contributed by atoms with E-state index in [1.165, 1.54) is 4.90 Å². The van der Waals surface area contributed by atoms with Gasteiger partial charge in [0, 0.05) is 30.7 Å². The minimum absolute atomic E-state index is 0.0254. The summed E-state index contributed by atoms with van der Waals surface area (Å²) in [5.74, 6) is -0.415. The molecule has 1 amide bonds. The van der Waals surface area contributed by atoms with E-state index in [9.17, 15) is 9.59 Å². The van der Waals surface area contributed by atoms with Crippen LogP contribution in [0.3, 0.4) is 0 Å². The minimum atomic E-state index is -0.623. The molecule has 1 saturated heterocycles. The van der Waals surface area contributed by atoms with Crippen molar-refractivity contribution in [3.05, 3.63) is 76.1 Å². The molecule has 0 aliphatic carbocycles. The Morgan fingerprint density at radius 2 is 1.81 bits per heavy atom. The number of carbonyl (C=O) groups is 1. The zero-order valence-electron chi connectivity index (χ0n) is 17.9. The molecule has 3 aromatic rings. The molecule has 0 radical (unpaired) electrons. The third-order valence-electron chi connectivity index (χ3n) is 5.79. The second-order valence-corrected chi connectivity index (χ2v) is 8.00. The Balaban J connectivity index is 1.55. The van der Waals surface area contributed by atoms with Gasteiger partial charge in [-0.3, -0.25) is 4.79 Å².